The van der Waals surface area contributed by atoms with Gasteiger partial charge in [-0.1, -0.05) is 0 Å². The quantitative estimate of drug-likeness (QED) is 0.746. The molecule has 0 bridgehead atoms. The lowest BCUT2D eigenvalue weighted by atomic mass is 10.2. The predicted octanol–water partition coefficient (Wildman–Crippen LogP) is 0.728. The van der Waals surface area contributed by atoms with Crippen LogP contribution >= 0.6 is 0 Å². The lowest BCUT2D eigenvalue weighted by Crippen LogP contribution is -2.30. The molecule has 0 fully saturated rings. The standard InChI is InChI=1S/C12H16N4O3/c1-19-6-5-16(4-2-3-13)11-10(14)7-9(8-15-11)12(17)18/h7-8H,2,4-6,14H2,1H3,(H,17,18). The van der Waals surface area contributed by atoms with Crippen LogP contribution in [0.15, 0.2) is 12.3 Å². The topological polar surface area (TPSA) is 112 Å². The number of nitrogens with two attached hydrogens (primary N) is 1. The molecule has 0 radical (unpaired) electrons. The van der Waals surface area contributed by atoms with Crippen molar-refractivity contribution < 1.29 is 14.6 Å². The molecule has 1 aromatic rings. The normalized spacial score (nSPS) is 9.89. The fourth-order valence-electron chi connectivity index (χ4n) is 1.57. The van der Waals surface area contributed by atoms with Crippen LogP contribution in [0.5, 0.6) is 0 Å². The second-order valence-electron chi connectivity index (χ2n) is 3.83. The average Bonchev–Trinajstić information content (AvgIpc) is 2.39. The van der Waals surface area contributed by atoms with Crippen LogP contribution in [0.3, 0.4) is 0 Å². The van der Waals surface area contributed by atoms with E-state index in [9.17, 15) is 4.79 Å². The minimum absolute atomic E-state index is 0.0354. The highest BCUT2D eigenvalue weighted by Gasteiger charge is 2.13. The SMILES string of the molecule is COCCN(CCC#N)c1ncc(C(=O)O)cc1N. The highest BCUT2D eigenvalue weighted by Crippen LogP contribution is 2.21. The third-order valence-electron chi connectivity index (χ3n) is 2.50. The number of methoxy groups -OCH3 is 1. The van der Waals surface area contributed by atoms with Gasteiger partial charge in [0.25, 0.3) is 0 Å². The monoisotopic (exact) mass is 264 g/mol. The Morgan fingerprint density at radius 3 is 2.89 bits per heavy atom. The zero-order chi connectivity index (χ0) is 14.3. The number of hydrogen-bond acceptors (Lipinski definition) is 6. The Kier molecular flexibility index (Phi) is 5.57. The van der Waals surface area contributed by atoms with E-state index in [1.807, 2.05) is 6.07 Å². The van der Waals surface area contributed by atoms with Crippen LogP contribution in [0.4, 0.5) is 11.5 Å². The average molecular weight is 264 g/mol. The molecule has 0 unspecified atom stereocenters. The number of nitrogens with zero attached hydrogens (tertiary/aromatic N) is 3. The fourth-order valence-corrected chi connectivity index (χ4v) is 1.57. The van der Waals surface area contributed by atoms with Gasteiger partial charge in [-0.05, 0) is 6.07 Å². The molecule has 0 aliphatic carbocycles. The molecule has 0 saturated heterocycles. The number of hydrogen-bond donors (Lipinski definition) is 2. The molecule has 7 heteroatoms. The van der Waals surface area contributed by atoms with E-state index in [2.05, 4.69) is 4.98 Å². The van der Waals surface area contributed by atoms with Crippen molar-refractivity contribution >= 4 is 17.5 Å². The summed E-state index contributed by atoms with van der Waals surface area (Å²) in [7, 11) is 1.58. The zero-order valence-corrected chi connectivity index (χ0v) is 10.7. The summed E-state index contributed by atoms with van der Waals surface area (Å²) in [4.78, 5) is 16.7. The number of nitriles is 1. The van der Waals surface area contributed by atoms with Crippen LogP contribution in [0.1, 0.15) is 16.8 Å². The Bertz CT molecular complexity index is 484. The fraction of sp³-hybridized carbons (Fsp3) is 0.417. The molecule has 0 amide bonds. The maximum absolute atomic E-state index is 10.8. The summed E-state index contributed by atoms with van der Waals surface area (Å²) in [5.74, 6) is -0.608. The minimum Gasteiger partial charge on any atom is -0.478 e. The van der Waals surface area contributed by atoms with Crippen LogP contribution in [-0.4, -0.2) is 42.9 Å². The lowest BCUT2D eigenvalue weighted by molar-refractivity contribution is 0.0696. The number of ether oxygens (including phenoxy) is 1. The van der Waals surface area contributed by atoms with E-state index in [4.69, 9.17) is 20.8 Å². The molecular formula is C12H16N4O3. The first kappa shape index (κ1) is 14.7. The Hall–Kier alpha value is -2.33. The maximum atomic E-state index is 10.8. The molecule has 0 spiro atoms. The van der Waals surface area contributed by atoms with E-state index in [1.165, 1.54) is 12.3 Å². The van der Waals surface area contributed by atoms with Crippen molar-refractivity contribution in [1.82, 2.24) is 4.98 Å². The van der Waals surface area contributed by atoms with Gasteiger partial charge in [0.15, 0.2) is 5.82 Å². The van der Waals surface area contributed by atoms with Gasteiger partial charge < -0.3 is 20.5 Å². The van der Waals surface area contributed by atoms with Gasteiger partial charge in [0, 0.05) is 26.4 Å². The summed E-state index contributed by atoms with van der Waals surface area (Å²) in [5.41, 5.74) is 6.12. The van der Waals surface area contributed by atoms with E-state index >= 15 is 0 Å². The first-order chi connectivity index (χ1) is 9.10. The summed E-state index contributed by atoms with van der Waals surface area (Å²) >= 11 is 0. The maximum Gasteiger partial charge on any atom is 0.337 e. The molecule has 1 aromatic heterocycles. The van der Waals surface area contributed by atoms with Crippen LogP contribution < -0.4 is 10.6 Å². The highest BCUT2D eigenvalue weighted by atomic mass is 16.5. The summed E-state index contributed by atoms with van der Waals surface area (Å²) in [6.45, 7) is 1.46. The van der Waals surface area contributed by atoms with Crippen molar-refractivity contribution in [3.05, 3.63) is 17.8 Å². The molecule has 7 nitrogen and oxygen atoms in total. The van der Waals surface area contributed by atoms with Gasteiger partial charge in [-0.25, -0.2) is 9.78 Å². The molecule has 0 aromatic carbocycles. The van der Waals surface area contributed by atoms with Gasteiger partial charge in [-0.15, -0.1) is 0 Å². The summed E-state index contributed by atoms with van der Waals surface area (Å²) < 4.78 is 4.99. The van der Waals surface area contributed by atoms with Gasteiger partial charge >= 0.3 is 5.97 Å². The Labute approximate surface area is 111 Å². The van der Waals surface area contributed by atoms with Gasteiger partial charge in [0.2, 0.25) is 0 Å². The van der Waals surface area contributed by atoms with Crippen LogP contribution in [0, 0.1) is 11.3 Å². The number of rotatable bonds is 7. The number of nitrogen functional groups attached to an aromatic ring is 1. The second kappa shape index (κ2) is 7.18. The van der Waals surface area contributed by atoms with Crippen LogP contribution in [0.25, 0.3) is 0 Å². The number of anilines is 2. The molecule has 3 N–H and O–H groups in total. The summed E-state index contributed by atoms with van der Waals surface area (Å²) in [5, 5.41) is 17.5. The zero-order valence-electron chi connectivity index (χ0n) is 10.7. The molecule has 102 valence electrons. The van der Waals surface area contributed by atoms with Crippen molar-refractivity contribution in [3.8, 4) is 6.07 Å². The first-order valence-corrected chi connectivity index (χ1v) is 5.69. The molecular weight excluding hydrogens is 248 g/mol. The lowest BCUT2D eigenvalue weighted by Gasteiger charge is -2.23. The number of carbonyl (C=O) groups is 1. The third kappa shape index (κ3) is 4.12. The van der Waals surface area contributed by atoms with Gasteiger partial charge in [0.05, 0.1) is 30.3 Å². The largest absolute Gasteiger partial charge is 0.478 e. The molecule has 1 rings (SSSR count). The molecule has 0 saturated carbocycles. The third-order valence-corrected chi connectivity index (χ3v) is 2.50. The van der Waals surface area contributed by atoms with E-state index in [0.717, 1.165) is 0 Å². The smallest absolute Gasteiger partial charge is 0.337 e. The second-order valence-corrected chi connectivity index (χ2v) is 3.83. The molecule has 0 aliphatic heterocycles. The van der Waals surface area contributed by atoms with Crippen molar-refractivity contribution in [1.29, 1.82) is 5.26 Å². The van der Waals surface area contributed by atoms with Crippen molar-refractivity contribution in [2.45, 2.75) is 6.42 Å². The van der Waals surface area contributed by atoms with Gasteiger partial charge in [0.1, 0.15) is 0 Å². The number of carboxylic acid groups (broad SMARTS) is 1. The van der Waals surface area contributed by atoms with Gasteiger partial charge in [-0.2, -0.15) is 5.26 Å². The number of carboxylic acids is 1. The highest BCUT2D eigenvalue weighted by molar-refractivity contribution is 5.89. The Balaban J connectivity index is 2.94. The molecule has 0 aliphatic rings. The summed E-state index contributed by atoms with van der Waals surface area (Å²) in [6, 6.07) is 3.41. The van der Waals surface area contributed by atoms with E-state index < -0.39 is 5.97 Å². The number of pyridine rings is 1. The Morgan fingerprint density at radius 1 is 1.63 bits per heavy atom. The van der Waals surface area contributed by atoms with Crippen molar-refractivity contribution in [3.63, 3.8) is 0 Å². The van der Waals surface area contributed by atoms with Crippen molar-refractivity contribution in [2.24, 2.45) is 0 Å². The predicted molar refractivity (Wildman–Crippen MR) is 69.9 cm³/mol. The summed E-state index contributed by atoms with van der Waals surface area (Å²) in [6.07, 6.45) is 1.58. The van der Waals surface area contributed by atoms with Crippen LogP contribution in [0.2, 0.25) is 0 Å². The van der Waals surface area contributed by atoms with Crippen molar-refractivity contribution in [2.75, 3.05) is 37.4 Å². The van der Waals surface area contributed by atoms with Crippen LogP contribution in [-0.2, 0) is 4.74 Å². The van der Waals surface area contributed by atoms with E-state index in [-0.39, 0.29) is 11.3 Å². The number of aromatic carboxylic acids is 1. The molecule has 1 heterocycles. The number of aromatic nitrogens is 1. The minimum atomic E-state index is -1.08. The van der Waals surface area contributed by atoms with Gasteiger partial charge in [-0.3, -0.25) is 0 Å². The van der Waals surface area contributed by atoms with E-state index in [0.29, 0.717) is 31.9 Å². The van der Waals surface area contributed by atoms with E-state index in [1.54, 1.807) is 12.0 Å². The molecule has 19 heavy (non-hydrogen) atoms. The molecule has 0 atom stereocenters. The Morgan fingerprint density at radius 2 is 2.37 bits per heavy atom. The first-order valence-electron chi connectivity index (χ1n) is 5.69.